The summed E-state index contributed by atoms with van der Waals surface area (Å²) in [5.41, 5.74) is 3.43. The summed E-state index contributed by atoms with van der Waals surface area (Å²) in [6, 6.07) is 8.16. The van der Waals surface area contributed by atoms with Crippen LogP contribution in [0, 0.1) is 6.92 Å². The van der Waals surface area contributed by atoms with Gasteiger partial charge in [-0.15, -0.1) is 24.0 Å². The largest absolute Gasteiger partial charge is 0.386 e. The van der Waals surface area contributed by atoms with Gasteiger partial charge in [-0.3, -0.25) is 9.67 Å². The molecule has 0 amide bonds. The molecule has 0 spiro atoms. The minimum atomic E-state index is -0.614. The van der Waals surface area contributed by atoms with Gasteiger partial charge in [0.05, 0.1) is 18.8 Å². The first-order chi connectivity index (χ1) is 13.3. The predicted molar refractivity (Wildman–Crippen MR) is 131 cm³/mol. The zero-order valence-corrected chi connectivity index (χ0v) is 20.6. The van der Waals surface area contributed by atoms with Gasteiger partial charge in [-0.1, -0.05) is 45.0 Å². The third kappa shape index (κ3) is 8.74. The molecule has 29 heavy (non-hydrogen) atoms. The van der Waals surface area contributed by atoms with E-state index in [0.717, 1.165) is 37.6 Å². The van der Waals surface area contributed by atoms with Gasteiger partial charge >= 0.3 is 0 Å². The fourth-order valence-electron chi connectivity index (χ4n) is 2.87. The summed E-state index contributed by atoms with van der Waals surface area (Å²) < 4.78 is 1.95. The highest BCUT2D eigenvalue weighted by Crippen LogP contribution is 2.24. The summed E-state index contributed by atoms with van der Waals surface area (Å²) in [5, 5.41) is 21.3. The molecule has 2 aromatic rings. The van der Waals surface area contributed by atoms with Crippen molar-refractivity contribution in [2.75, 3.05) is 19.6 Å². The van der Waals surface area contributed by atoms with E-state index in [-0.39, 0.29) is 29.4 Å². The highest BCUT2D eigenvalue weighted by atomic mass is 127. The number of aliphatic hydroxyl groups is 1. The average molecular weight is 513 g/mol. The van der Waals surface area contributed by atoms with Crippen molar-refractivity contribution >= 4 is 29.9 Å². The summed E-state index contributed by atoms with van der Waals surface area (Å²) in [4.78, 5) is 4.53. The number of aliphatic imine (C=N–C) groups is 1. The molecule has 162 valence electrons. The Bertz CT molecular complexity index is 749. The van der Waals surface area contributed by atoms with E-state index in [1.54, 1.807) is 0 Å². The number of hydrogen-bond donors (Lipinski definition) is 3. The van der Waals surface area contributed by atoms with E-state index in [1.165, 1.54) is 11.1 Å². The first kappa shape index (κ1) is 25.4. The van der Waals surface area contributed by atoms with Crippen molar-refractivity contribution in [3.05, 3.63) is 53.3 Å². The van der Waals surface area contributed by atoms with Crippen LogP contribution >= 0.6 is 24.0 Å². The zero-order valence-electron chi connectivity index (χ0n) is 18.3. The molecule has 1 aromatic carbocycles. The van der Waals surface area contributed by atoms with Gasteiger partial charge < -0.3 is 15.7 Å². The van der Waals surface area contributed by atoms with Gasteiger partial charge in [-0.25, -0.2) is 0 Å². The Kier molecular flexibility index (Phi) is 10.7. The van der Waals surface area contributed by atoms with E-state index in [1.807, 2.05) is 43.1 Å². The van der Waals surface area contributed by atoms with Gasteiger partial charge in [0.1, 0.15) is 0 Å². The third-order valence-electron chi connectivity index (χ3n) is 4.55. The van der Waals surface area contributed by atoms with Crippen LogP contribution in [0.25, 0.3) is 0 Å². The number of aryl methyl sites for hydroxylation is 2. The molecule has 0 saturated carbocycles. The van der Waals surface area contributed by atoms with Crippen LogP contribution in [0.2, 0.25) is 0 Å². The molecule has 0 fully saturated rings. The smallest absolute Gasteiger partial charge is 0.191 e. The van der Waals surface area contributed by atoms with Crippen molar-refractivity contribution in [1.82, 2.24) is 20.4 Å². The predicted octanol–water partition coefficient (Wildman–Crippen LogP) is 3.79. The molecule has 1 aromatic heterocycles. The van der Waals surface area contributed by atoms with Crippen LogP contribution < -0.4 is 10.6 Å². The van der Waals surface area contributed by atoms with Crippen molar-refractivity contribution in [1.29, 1.82) is 0 Å². The number of rotatable bonds is 8. The Morgan fingerprint density at radius 3 is 2.45 bits per heavy atom. The Morgan fingerprint density at radius 1 is 1.21 bits per heavy atom. The number of nitrogens with zero attached hydrogens (tertiary/aromatic N) is 3. The van der Waals surface area contributed by atoms with Crippen LogP contribution in [-0.4, -0.2) is 40.5 Å². The second kappa shape index (κ2) is 12.2. The molecule has 0 bridgehead atoms. The van der Waals surface area contributed by atoms with Gasteiger partial charge in [0.2, 0.25) is 0 Å². The Balaban J connectivity index is 0.00000420. The Labute approximate surface area is 192 Å². The van der Waals surface area contributed by atoms with Crippen LogP contribution in [0.1, 0.15) is 56.9 Å². The van der Waals surface area contributed by atoms with E-state index in [9.17, 15) is 5.11 Å². The maximum atomic E-state index is 10.5. The number of nitrogens with one attached hydrogen (secondary N) is 2. The summed E-state index contributed by atoms with van der Waals surface area (Å²) >= 11 is 0. The van der Waals surface area contributed by atoms with Crippen molar-refractivity contribution in [3.63, 3.8) is 0 Å². The first-order valence-electron chi connectivity index (χ1n) is 10.1. The topological polar surface area (TPSA) is 74.5 Å². The number of aromatic nitrogens is 2. The first-order valence-corrected chi connectivity index (χ1v) is 10.1. The van der Waals surface area contributed by atoms with Crippen LogP contribution in [0.3, 0.4) is 0 Å². The van der Waals surface area contributed by atoms with Crippen LogP contribution in [-0.2, 0) is 12.0 Å². The van der Waals surface area contributed by atoms with Crippen molar-refractivity contribution in [3.8, 4) is 0 Å². The SMILES string of the molecule is CCNC(=NCC(O)c1ccc(C(C)(C)C)cc1)NCCCn1cc(C)cn1.I. The molecule has 3 N–H and O–H groups in total. The van der Waals surface area contributed by atoms with Crippen molar-refractivity contribution in [2.45, 2.75) is 59.1 Å². The molecule has 0 aliphatic carbocycles. The normalized spacial score (nSPS) is 13.0. The minimum Gasteiger partial charge on any atom is -0.386 e. The molecule has 0 radical (unpaired) electrons. The van der Waals surface area contributed by atoms with E-state index < -0.39 is 6.10 Å². The van der Waals surface area contributed by atoms with E-state index in [2.05, 4.69) is 53.6 Å². The van der Waals surface area contributed by atoms with Gasteiger partial charge in [0.15, 0.2) is 5.96 Å². The van der Waals surface area contributed by atoms with E-state index in [4.69, 9.17) is 0 Å². The number of hydrogen-bond acceptors (Lipinski definition) is 3. The molecular weight excluding hydrogens is 477 g/mol. The van der Waals surface area contributed by atoms with Gasteiger partial charge in [-0.05, 0) is 42.4 Å². The third-order valence-corrected chi connectivity index (χ3v) is 4.55. The fourth-order valence-corrected chi connectivity index (χ4v) is 2.87. The molecule has 7 heteroatoms. The number of halogens is 1. The number of benzene rings is 1. The highest BCUT2D eigenvalue weighted by molar-refractivity contribution is 14.0. The van der Waals surface area contributed by atoms with Crippen molar-refractivity contribution < 1.29 is 5.11 Å². The Hall–Kier alpha value is -1.61. The summed E-state index contributed by atoms with van der Waals surface area (Å²) in [7, 11) is 0. The monoisotopic (exact) mass is 513 g/mol. The highest BCUT2D eigenvalue weighted by Gasteiger charge is 2.14. The molecule has 1 unspecified atom stereocenters. The van der Waals surface area contributed by atoms with Crippen LogP contribution in [0.5, 0.6) is 0 Å². The van der Waals surface area contributed by atoms with Crippen LogP contribution in [0.15, 0.2) is 41.7 Å². The van der Waals surface area contributed by atoms with E-state index in [0.29, 0.717) is 6.54 Å². The number of guanidine groups is 1. The molecule has 1 heterocycles. The second-order valence-electron chi connectivity index (χ2n) is 8.17. The lowest BCUT2D eigenvalue weighted by atomic mass is 9.86. The molecular formula is C22H36IN5O. The lowest BCUT2D eigenvalue weighted by Gasteiger charge is -2.20. The molecule has 0 aliphatic rings. The summed E-state index contributed by atoms with van der Waals surface area (Å²) in [6.45, 7) is 13.4. The fraction of sp³-hybridized carbons (Fsp3) is 0.545. The average Bonchev–Trinajstić information content (AvgIpc) is 3.07. The maximum absolute atomic E-state index is 10.5. The standard InChI is InChI=1S/C22H35N5O.HI/c1-6-23-21(24-12-7-13-27-16-17(2)14-26-27)25-15-20(28)18-8-10-19(11-9-18)22(3,4)5;/h8-11,14,16,20,28H,6-7,12-13,15H2,1-5H3,(H2,23,24,25);1H. The minimum absolute atomic E-state index is 0. The molecule has 0 saturated heterocycles. The van der Waals surface area contributed by atoms with Crippen molar-refractivity contribution in [2.24, 2.45) is 4.99 Å². The summed E-state index contributed by atoms with van der Waals surface area (Å²) in [5.74, 6) is 0.726. The zero-order chi connectivity index (χ0) is 20.6. The van der Waals surface area contributed by atoms with Crippen LogP contribution in [0.4, 0.5) is 0 Å². The molecule has 6 nitrogen and oxygen atoms in total. The molecule has 0 aliphatic heterocycles. The summed E-state index contributed by atoms with van der Waals surface area (Å²) in [6.07, 6.45) is 4.24. The lowest BCUT2D eigenvalue weighted by molar-refractivity contribution is 0.187. The van der Waals surface area contributed by atoms with Gasteiger partial charge in [0.25, 0.3) is 0 Å². The van der Waals surface area contributed by atoms with Gasteiger partial charge in [0, 0.05) is 25.8 Å². The van der Waals surface area contributed by atoms with E-state index >= 15 is 0 Å². The maximum Gasteiger partial charge on any atom is 0.191 e. The lowest BCUT2D eigenvalue weighted by Crippen LogP contribution is -2.38. The Morgan fingerprint density at radius 2 is 1.90 bits per heavy atom. The molecule has 1 atom stereocenters. The second-order valence-corrected chi connectivity index (χ2v) is 8.17. The number of aliphatic hydroxyl groups excluding tert-OH is 1. The quantitative estimate of drug-likeness (QED) is 0.217. The molecule has 2 rings (SSSR count). The van der Waals surface area contributed by atoms with Gasteiger partial charge in [-0.2, -0.15) is 5.10 Å².